The van der Waals surface area contributed by atoms with Crippen LogP contribution in [0.4, 0.5) is 5.13 Å². The highest BCUT2D eigenvalue weighted by molar-refractivity contribution is 7.14. The van der Waals surface area contributed by atoms with Crippen LogP contribution in [0, 0.1) is 0 Å². The Kier molecular flexibility index (Phi) is 4.52. The van der Waals surface area contributed by atoms with Crippen LogP contribution in [0.2, 0.25) is 0 Å². The van der Waals surface area contributed by atoms with Gasteiger partial charge in [0.25, 0.3) is 5.91 Å². The van der Waals surface area contributed by atoms with Gasteiger partial charge in [0.15, 0.2) is 22.2 Å². The Labute approximate surface area is 159 Å². The predicted octanol–water partition coefficient (Wildman–Crippen LogP) is 4.83. The van der Waals surface area contributed by atoms with Crippen molar-refractivity contribution in [1.82, 2.24) is 4.98 Å². The Morgan fingerprint density at radius 2 is 1.93 bits per heavy atom. The summed E-state index contributed by atoms with van der Waals surface area (Å²) >= 11 is 1.35. The molecule has 7 heteroatoms. The van der Waals surface area contributed by atoms with Crippen LogP contribution >= 0.6 is 11.3 Å². The highest BCUT2D eigenvalue weighted by Gasteiger charge is 2.16. The number of nitrogens with one attached hydrogen (secondary N) is 1. The van der Waals surface area contributed by atoms with Crippen molar-refractivity contribution < 1.29 is 18.7 Å². The van der Waals surface area contributed by atoms with Gasteiger partial charge in [-0.15, -0.1) is 11.3 Å². The number of para-hydroxylation sites is 1. The van der Waals surface area contributed by atoms with Crippen molar-refractivity contribution >= 4 is 33.3 Å². The fraction of sp³-hybridized carbons (Fsp3) is 0.100. The van der Waals surface area contributed by atoms with E-state index in [1.54, 1.807) is 26.4 Å². The Hall–Kier alpha value is -3.32. The van der Waals surface area contributed by atoms with Gasteiger partial charge >= 0.3 is 0 Å². The van der Waals surface area contributed by atoms with Crippen molar-refractivity contribution in [2.45, 2.75) is 0 Å². The summed E-state index contributed by atoms with van der Waals surface area (Å²) in [6.45, 7) is 0. The molecule has 0 unspecified atom stereocenters. The van der Waals surface area contributed by atoms with E-state index in [1.807, 2.05) is 41.8 Å². The van der Waals surface area contributed by atoms with E-state index in [0.717, 1.165) is 22.4 Å². The molecule has 4 rings (SSSR count). The van der Waals surface area contributed by atoms with Crippen LogP contribution in [0.15, 0.2) is 58.3 Å². The average Bonchev–Trinajstić information content (AvgIpc) is 3.34. The largest absolute Gasteiger partial charge is 0.497 e. The lowest BCUT2D eigenvalue weighted by Gasteiger charge is -2.01. The first-order chi connectivity index (χ1) is 13.2. The second kappa shape index (κ2) is 7.13. The summed E-state index contributed by atoms with van der Waals surface area (Å²) in [7, 11) is 3.19. The average molecular weight is 380 g/mol. The number of anilines is 1. The molecule has 27 heavy (non-hydrogen) atoms. The molecule has 0 spiro atoms. The minimum atomic E-state index is -0.358. The van der Waals surface area contributed by atoms with E-state index < -0.39 is 0 Å². The number of carbonyl (C=O) groups excluding carboxylic acids is 1. The smallest absolute Gasteiger partial charge is 0.293 e. The number of carbonyl (C=O) groups is 1. The predicted molar refractivity (Wildman–Crippen MR) is 105 cm³/mol. The normalized spacial score (nSPS) is 10.7. The van der Waals surface area contributed by atoms with Gasteiger partial charge in [0, 0.05) is 16.3 Å². The number of furan rings is 1. The Morgan fingerprint density at radius 1 is 1.11 bits per heavy atom. The highest BCUT2D eigenvalue weighted by atomic mass is 32.1. The lowest BCUT2D eigenvalue weighted by Crippen LogP contribution is -2.10. The standard InChI is InChI=1S/C20H16N2O4S/c1-24-14-8-6-12(7-9-14)15-11-27-20(21-15)22-19(23)17-10-13-4-3-5-16(25-2)18(13)26-17/h3-11H,1-2H3,(H,21,22,23). The number of thiazole rings is 1. The summed E-state index contributed by atoms with van der Waals surface area (Å²) in [5.41, 5.74) is 2.27. The summed E-state index contributed by atoms with van der Waals surface area (Å²) in [5, 5.41) is 5.97. The van der Waals surface area contributed by atoms with E-state index in [2.05, 4.69) is 10.3 Å². The molecule has 2 heterocycles. The van der Waals surface area contributed by atoms with Crippen molar-refractivity contribution in [3.63, 3.8) is 0 Å². The zero-order valence-electron chi connectivity index (χ0n) is 14.7. The topological polar surface area (TPSA) is 73.6 Å². The third kappa shape index (κ3) is 3.37. The van der Waals surface area contributed by atoms with Crippen LogP contribution in [0.25, 0.3) is 22.2 Å². The van der Waals surface area contributed by atoms with Crippen molar-refractivity contribution in [2.24, 2.45) is 0 Å². The third-order valence-corrected chi connectivity index (χ3v) is 4.82. The maximum Gasteiger partial charge on any atom is 0.293 e. The number of nitrogens with zero attached hydrogens (tertiary/aromatic N) is 1. The summed E-state index contributed by atoms with van der Waals surface area (Å²) in [4.78, 5) is 17.0. The van der Waals surface area contributed by atoms with Gasteiger partial charge in [-0.2, -0.15) is 0 Å². The molecule has 0 radical (unpaired) electrons. The van der Waals surface area contributed by atoms with E-state index in [1.165, 1.54) is 11.3 Å². The fourth-order valence-corrected chi connectivity index (χ4v) is 3.41. The van der Waals surface area contributed by atoms with Crippen molar-refractivity contribution in [3.05, 3.63) is 59.7 Å². The first kappa shape index (κ1) is 17.1. The number of benzene rings is 2. The summed E-state index contributed by atoms with van der Waals surface area (Å²) < 4.78 is 16.1. The SMILES string of the molecule is COc1ccc(-c2csc(NC(=O)c3cc4cccc(OC)c4o3)n2)cc1. The second-order valence-corrected chi connectivity index (χ2v) is 6.57. The summed E-state index contributed by atoms with van der Waals surface area (Å²) in [5.74, 6) is 1.21. The number of methoxy groups -OCH3 is 2. The Bertz CT molecular complexity index is 1100. The minimum Gasteiger partial charge on any atom is -0.497 e. The van der Waals surface area contributed by atoms with Crippen LogP contribution in [0.5, 0.6) is 11.5 Å². The zero-order chi connectivity index (χ0) is 18.8. The Balaban J connectivity index is 1.54. The second-order valence-electron chi connectivity index (χ2n) is 5.71. The molecule has 2 aromatic carbocycles. The molecule has 0 saturated carbocycles. The van der Waals surface area contributed by atoms with Gasteiger partial charge in [-0.25, -0.2) is 4.98 Å². The molecule has 0 fully saturated rings. The van der Waals surface area contributed by atoms with Gasteiger partial charge in [-0.05, 0) is 36.4 Å². The molecule has 2 aromatic heterocycles. The number of fused-ring (bicyclic) bond motifs is 1. The molecular formula is C20H16N2O4S. The fourth-order valence-electron chi connectivity index (χ4n) is 2.69. The first-order valence-corrected chi connectivity index (χ1v) is 9.04. The maximum absolute atomic E-state index is 12.5. The summed E-state index contributed by atoms with van der Waals surface area (Å²) in [6, 6.07) is 14.8. The quantitative estimate of drug-likeness (QED) is 0.537. The van der Waals surface area contributed by atoms with Gasteiger partial charge in [-0.3, -0.25) is 10.1 Å². The van der Waals surface area contributed by atoms with Gasteiger partial charge in [-0.1, -0.05) is 12.1 Å². The molecule has 6 nitrogen and oxygen atoms in total. The molecule has 0 atom stereocenters. The van der Waals surface area contributed by atoms with Gasteiger partial charge < -0.3 is 13.9 Å². The number of amides is 1. The molecule has 0 saturated heterocycles. The lowest BCUT2D eigenvalue weighted by atomic mass is 10.2. The van der Waals surface area contributed by atoms with Crippen LogP contribution in [0.3, 0.4) is 0 Å². The number of ether oxygens (including phenoxy) is 2. The maximum atomic E-state index is 12.5. The van der Waals surface area contributed by atoms with E-state index in [9.17, 15) is 4.79 Å². The van der Waals surface area contributed by atoms with Crippen LogP contribution in [-0.4, -0.2) is 25.1 Å². The highest BCUT2D eigenvalue weighted by Crippen LogP contribution is 2.30. The minimum absolute atomic E-state index is 0.204. The number of hydrogen-bond donors (Lipinski definition) is 1. The lowest BCUT2D eigenvalue weighted by molar-refractivity contribution is 0.0998. The van der Waals surface area contributed by atoms with E-state index in [0.29, 0.717) is 16.5 Å². The number of aromatic nitrogens is 1. The molecule has 1 N–H and O–H groups in total. The first-order valence-electron chi connectivity index (χ1n) is 8.16. The van der Waals surface area contributed by atoms with Crippen LogP contribution in [-0.2, 0) is 0 Å². The molecule has 136 valence electrons. The van der Waals surface area contributed by atoms with Crippen LogP contribution < -0.4 is 14.8 Å². The summed E-state index contributed by atoms with van der Waals surface area (Å²) in [6.07, 6.45) is 0. The van der Waals surface area contributed by atoms with Gasteiger partial charge in [0.05, 0.1) is 19.9 Å². The number of hydrogen-bond acceptors (Lipinski definition) is 6. The molecule has 0 aliphatic heterocycles. The molecule has 0 aliphatic carbocycles. The van der Waals surface area contributed by atoms with Gasteiger partial charge in [0.2, 0.25) is 0 Å². The molecule has 4 aromatic rings. The Morgan fingerprint density at radius 3 is 2.67 bits per heavy atom. The molecule has 1 amide bonds. The van der Waals surface area contributed by atoms with Crippen LogP contribution in [0.1, 0.15) is 10.6 Å². The van der Waals surface area contributed by atoms with E-state index >= 15 is 0 Å². The van der Waals surface area contributed by atoms with Gasteiger partial charge in [0.1, 0.15) is 5.75 Å². The molecule has 0 aliphatic rings. The van der Waals surface area contributed by atoms with Crippen molar-refractivity contribution in [1.29, 1.82) is 0 Å². The molecule has 0 bridgehead atoms. The van der Waals surface area contributed by atoms with E-state index in [4.69, 9.17) is 13.9 Å². The monoisotopic (exact) mass is 380 g/mol. The number of rotatable bonds is 5. The third-order valence-electron chi connectivity index (χ3n) is 4.06. The van der Waals surface area contributed by atoms with Crippen molar-refractivity contribution in [2.75, 3.05) is 19.5 Å². The van der Waals surface area contributed by atoms with E-state index in [-0.39, 0.29) is 11.7 Å². The van der Waals surface area contributed by atoms with Crippen molar-refractivity contribution in [3.8, 4) is 22.8 Å². The zero-order valence-corrected chi connectivity index (χ0v) is 15.5. The molecular weight excluding hydrogens is 364 g/mol.